The van der Waals surface area contributed by atoms with Crippen molar-refractivity contribution in [3.8, 4) is 5.75 Å². The van der Waals surface area contributed by atoms with Gasteiger partial charge in [0.05, 0.1) is 6.04 Å². The van der Waals surface area contributed by atoms with Crippen molar-refractivity contribution in [3.05, 3.63) is 86.9 Å². The number of aromatic hydroxyl groups is 1. The van der Waals surface area contributed by atoms with Gasteiger partial charge >= 0.3 is 0 Å². The molecular formula is C27H31N3O3S. The number of nitrogens with zero attached hydrogens (tertiary/aromatic N) is 3. The lowest BCUT2D eigenvalue weighted by atomic mass is 9.87. The highest BCUT2D eigenvalue weighted by Crippen LogP contribution is 2.44. The quantitative estimate of drug-likeness (QED) is 0.708. The minimum absolute atomic E-state index is 0.0498. The van der Waals surface area contributed by atoms with Gasteiger partial charge in [0.15, 0.2) is 11.4 Å². The summed E-state index contributed by atoms with van der Waals surface area (Å²) >= 11 is 1.69. The van der Waals surface area contributed by atoms with Crippen molar-refractivity contribution < 1.29 is 9.90 Å². The average Bonchev–Trinajstić information content (AvgIpc) is 2.99. The van der Waals surface area contributed by atoms with Gasteiger partial charge in [-0.15, -0.1) is 0 Å². The minimum Gasteiger partial charge on any atom is -0.502 e. The van der Waals surface area contributed by atoms with Crippen molar-refractivity contribution in [2.75, 3.05) is 17.0 Å². The highest BCUT2D eigenvalue weighted by Gasteiger charge is 2.45. The number of amides is 1. The topological polar surface area (TPSA) is 65.8 Å². The van der Waals surface area contributed by atoms with Gasteiger partial charge in [0.2, 0.25) is 5.43 Å². The maximum Gasteiger partial charge on any atom is 0.278 e. The molecule has 178 valence electrons. The van der Waals surface area contributed by atoms with Crippen LogP contribution in [0, 0.1) is 0 Å². The van der Waals surface area contributed by atoms with E-state index in [1.807, 2.05) is 18.7 Å². The van der Waals surface area contributed by atoms with Gasteiger partial charge < -0.3 is 10.0 Å². The van der Waals surface area contributed by atoms with Crippen LogP contribution < -0.4 is 10.4 Å². The summed E-state index contributed by atoms with van der Waals surface area (Å²) in [5.74, 6) is -0.0848. The van der Waals surface area contributed by atoms with Crippen LogP contribution in [-0.4, -0.2) is 44.8 Å². The molecule has 5 rings (SSSR count). The van der Waals surface area contributed by atoms with Crippen molar-refractivity contribution in [1.82, 2.24) is 9.58 Å². The first-order valence-electron chi connectivity index (χ1n) is 11.9. The van der Waals surface area contributed by atoms with Crippen LogP contribution in [0.25, 0.3) is 0 Å². The molecule has 34 heavy (non-hydrogen) atoms. The third-order valence-corrected chi connectivity index (χ3v) is 7.79. The second kappa shape index (κ2) is 9.02. The normalized spacial score (nSPS) is 21.9. The van der Waals surface area contributed by atoms with Crippen molar-refractivity contribution in [1.29, 1.82) is 0 Å². The maximum absolute atomic E-state index is 13.7. The zero-order valence-corrected chi connectivity index (χ0v) is 20.7. The Morgan fingerprint density at radius 2 is 1.91 bits per heavy atom. The standard InChI is InChI=1S/C27H31N3O3S/c1-17(2)29-23(16-34-3)30(28-15-14-22(31)26(32)25(28)27(29)33)24-20-10-6-4-8-18(20)12-13-19-9-5-7-11-21(19)24/h4-6,8-10,14-15,17,23-24,32H,7,11-13,16H2,1-3H3. The molecule has 0 radical (unpaired) electrons. The summed E-state index contributed by atoms with van der Waals surface area (Å²) in [4.78, 5) is 27.9. The predicted octanol–water partition coefficient (Wildman–Crippen LogP) is 4.38. The van der Waals surface area contributed by atoms with Crippen LogP contribution in [0.3, 0.4) is 0 Å². The Balaban J connectivity index is 1.83. The van der Waals surface area contributed by atoms with Crippen LogP contribution in [0.2, 0.25) is 0 Å². The second-order valence-electron chi connectivity index (χ2n) is 9.44. The Bertz CT molecular complexity index is 1250. The van der Waals surface area contributed by atoms with Crippen LogP contribution in [-0.2, 0) is 6.42 Å². The second-order valence-corrected chi connectivity index (χ2v) is 10.3. The zero-order valence-electron chi connectivity index (χ0n) is 19.9. The number of carbonyl (C=O) groups excluding carboxylic acids is 1. The van der Waals surface area contributed by atoms with E-state index >= 15 is 0 Å². The molecule has 1 aromatic carbocycles. The van der Waals surface area contributed by atoms with Crippen molar-refractivity contribution in [2.45, 2.75) is 57.8 Å². The SMILES string of the molecule is CSCC1N(C(C)C)C(=O)c2c(O)c(=O)ccn2N1C1C2=C(C=CCC2)CCc2ccccc21. The van der Waals surface area contributed by atoms with Gasteiger partial charge in [-0.2, -0.15) is 11.8 Å². The Hall–Kier alpha value is -2.93. The highest BCUT2D eigenvalue weighted by molar-refractivity contribution is 7.98. The van der Waals surface area contributed by atoms with Gasteiger partial charge in [-0.25, -0.2) is 0 Å². The largest absolute Gasteiger partial charge is 0.502 e. The summed E-state index contributed by atoms with van der Waals surface area (Å²) in [5.41, 5.74) is 4.77. The smallest absolute Gasteiger partial charge is 0.278 e. The van der Waals surface area contributed by atoms with Crippen LogP contribution in [0.15, 0.2) is 64.6 Å². The minimum atomic E-state index is -0.534. The maximum atomic E-state index is 13.7. The van der Waals surface area contributed by atoms with Crippen molar-refractivity contribution in [2.24, 2.45) is 0 Å². The van der Waals surface area contributed by atoms with E-state index in [4.69, 9.17) is 0 Å². The first kappa shape index (κ1) is 22.8. The monoisotopic (exact) mass is 477 g/mol. The summed E-state index contributed by atoms with van der Waals surface area (Å²) in [6.07, 6.45) is 11.9. The number of carbonyl (C=O) groups is 1. The molecule has 2 aliphatic carbocycles. The third kappa shape index (κ3) is 3.57. The number of pyridine rings is 1. The molecule has 2 atom stereocenters. The molecule has 7 heteroatoms. The number of hydrogen-bond donors (Lipinski definition) is 1. The van der Waals surface area contributed by atoms with E-state index in [9.17, 15) is 14.7 Å². The summed E-state index contributed by atoms with van der Waals surface area (Å²) in [5, 5.41) is 13.0. The molecule has 0 saturated carbocycles. The number of aromatic nitrogens is 1. The molecule has 2 unspecified atom stereocenters. The zero-order chi connectivity index (χ0) is 24.0. The van der Waals surface area contributed by atoms with E-state index in [0.717, 1.165) is 25.7 Å². The lowest BCUT2D eigenvalue weighted by molar-refractivity contribution is 0.0500. The number of allylic oxidation sites excluding steroid dienone is 3. The fourth-order valence-electron chi connectivity index (χ4n) is 5.69. The molecule has 0 saturated heterocycles. The molecule has 1 aliphatic heterocycles. The van der Waals surface area contributed by atoms with Crippen LogP contribution in [0.4, 0.5) is 0 Å². The summed E-state index contributed by atoms with van der Waals surface area (Å²) < 4.78 is 1.76. The number of rotatable bonds is 4. The number of fused-ring (bicyclic) bond motifs is 2. The number of hydrogen-bond acceptors (Lipinski definition) is 5. The fraction of sp³-hybridized carbons (Fsp3) is 0.407. The van der Waals surface area contributed by atoms with E-state index in [2.05, 4.69) is 47.7 Å². The van der Waals surface area contributed by atoms with E-state index in [-0.39, 0.29) is 29.9 Å². The molecule has 1 aromatic heterocycles. The van der Waals surface area contributed by atoms with E-state index in [0.29, 0.717) is 5.75 Å². The number of benzene rings is 1. The molecule has 2 heterocycles. The molecule has 2 aromatic rings. The first-order valence-corrected chi connectivity index (χ1v) is 13.3. The molecule has 0 fully saturated rings. The molecule has 3 aliphatic rings. The van der Waals surface area contributed by atoms with Crippen LogP contribution in [0.1, 0.15) is 60.8 Å². The molecule has 6 nitrogen and oxygen atoms in total. The predicted molar refractivity (Wildman–Crippen MR) is 137 cm³/mol. The molecule has 1 N–H and O–H groups in total. The fourth-order valence-corrected chi connectivity index (χ4v) is 6.31. The summed E-state index contributed by atoms with van der Waals surface area (Å²) in [6.45, 7) is 3.98. The molecule has 0 spiro atoms. The summed E-state index contributed by atoms with van der Waals surface area (Å²) in [7, 11) is 0. The van der Waals surface area contributed by atoms with Crippen molar-refractivity contribution >= 4 is 17.7 Å². The average molecular weight is 478 g/mol. The third-order valence-electron chi connectivity index (χ3n) is 7.16. The molecular weight excluding hydrogens is 446 g/mol. The lowest BCUT2D eigenvalue weighted by Crippen LogP contribution is -2.65. The molecule has 1 amide bonds. The van der Waals surface area contributed by atoms with E-state index < -0.39 is 11.2 Å². The summed E-state index contributed by atoms with van der Waals surface area (Å²) in [6, 6.07) is 9.72. The van der Waals surface area contributed by atoms with Gasteiger partial charge in [-0.1, -0.05) is 36.4 Å². The van der Waals surface area contributed by atoms with E-state index in [1.165, 1.54) is 28.3 Å². The highest BCUT2D eigenvalue weighted by atomic mass is 32.2. The van der Waals surface area contributed by atoms with Crippen LogP contribution >= 0.6 is 11.8 Å². The van der Waals surface area contributed by atoms with Gasteiger partial charge in [0.25, 0.3) is 5.91 Å². The van der Waals surface area contributed by atoms with Gasteiger partial charge in [0, 0.05) is 24.1 Å². The Morgan fingerprint density at radius 3 is 2.68 bits per heavy atom. The number of aryl methyl sites for hydroxylation is 1. The number of thioether (sulfide) groups is 1. The molecule has 0 bridgehead atoms. The Morgan fingerprint density at radius 1 is 1.12 bits per heavy atom. The van der Waals surface area contributed by atoms with Crippen molar-refractivity contribution in [3.63, 3.8) is 0 Å². The van der Waals surface area contributed by atoms with E-state index in [1.54, 1.807) is 22.6 Å². The lowest BCUT2D eigenvalue weighted by Gasteiger charge is -2.52. The van der Waals surface area contributed by atoms with Gasteiger partial charge in [-0.05, 0) is 68.1 Å². The Kier molecular flexibility index (Phi) is 6.06. The van der Waals surface area contributed by atoms with Gasteiger partial charge in [0.1, 0.15) is 6.17 Å². The first-order chi connectivity index (χ1) is 16.4. The Labute approximate surface area is 204 Å². The van der Waals surface area contributed by atoms with Crippen LogP contribution in [0.5, 0.6) is 5.75 Å². The van der Waals surface area contributed by atoms with Gasteiger partial charge in [-0.3, -0.25) is 19.3 Å².